The standard InChI is InChI=1S/C17H13ClN6OS2.ClH/c1-8-7-26-17(22-8)14-23-13(19)10-4-11(27-16(10)24-14)15(25)21-6-9-2-3-12(18)20-5-9;/h2-5,7H,6H2,1H3,(H,21,25)(H2,19,23,24);1H. The smallest absolute Gasteiger partial charge is 0.261 e. The van der Waals surface area contributed by atoms with Crippen LogP contribution in [0.5, 0.6) is 0 Å². The topological polar surface area (TPSA) is 107 Å². The number of nitrogens with zero attached hydrogens (tertiary/aromatic N) is 4. The second-order valence-electron chi connectivity index (χ2n) is 5.73. The van der Waals surface area contributed by atoms with Gasteiger partial charge in [-0.05, 0) is 24.6 Å². The summed E-state index contributed by atoms with van der Waals surface area (Å²) in [7, 11) is 0. The largest absolute Gasteiger partial charge is 0.383 e. The SMILES string of the molecule is Cc1csc(-c2nc(N)c3cc(C(=O)NCc4ccc(Cl)nc4)sc3n2)n1.Cl. The van der Waals surface area contributed by atoms with Crippen LogP contribution in [0.3, 0.4) is 0 Å². The van der Waals surface area contributed by atoms with Crippen molar-refractivity contribution in [1.82, 2.24) is 25.3 Å². The van der Waals surface area contributed by atoms with Crippen molar-refractivity contribution in [1.29, 1.82) is 0 Å². The van der Waals surface area contributed by atoms with Gasteiger partial charge < -0.3 is 11.1 Å². The number of nitrogens with one attached hydrogen (secondary N) is 1. The molecule has 0 bridgehead atoms. The zero-order valence-corrected chi connectivity index (χ0v) is 17.7. The molecule has 0 radical (unpaired) electrons. The van der Waals surface area contributed by atoms with E-state index in [9.17, 15) is 4.79 Å². The highest BCUT2D eigenvalue weighted by Gasteiger charge is 2.16. The summed E-state index contributed by atoms with van der Waals surface area (Å²) in [5, 5.41) is 6.56. The number of hydrogen-bond acceptors (Lipinski definition) is 8. The predicted octanol–water partition coefficient (Wildman–Crippen LogP) is 4.11. The maximum Gasteiger partial charge on any atom is 0.261 e. The van der Waals surface area contributed by atoms with Gasteiger partial charge in [0.15, 0.2) is 10.8 Å². The zero-order chi connectivity index (χ0) is 19.0. The summed E-state index contributed by atoms with van der Waals surface area (Å²) < 4.78 is 0. The van der Waals surface area contributed by atoms with Crippen molar-refractivity contribution in [2.24, 2.45) is 0 Å². The highest BCUT2D eigenvalue weighted by Crippen LogP contribution is 2.31. The van der Waals surface area contributed by atoms with Crippen LogP contribution in [-0.4, -0.2) is 25.8 Å². The van der Waals surface area contributed by atoms with Gasteiger partial charge >= 0.3 is 0 Å². The first-order chi connectivity index (χ1) is 13.0. The molecule has 3 N–H and O–H groups in total. The lowest BCUT2D eigenvalue weighted by Crippen LogP contribution is -2.21. The summed E-state index contributed by atoms with van der Waals surface area (Å²) in [4.78, 5) is 30.9. The Hall–Kier alpha value is -2.33. The van der Waals surface area contributed by atoms with E-state index in [1.165, 1.54) is 22.7 Å². The number of thiazole rings is 1. The molecule has 0 aliphatic carbocycles. The summed E-state index contributed by atoms with van der Waals surface area (Å²) in [5.41, 5.74) is 7.83. The number of carbonyl (C=O) groups is 1. The number of carbonyl (C=O) groups excluding carboxylic acids is 1. The number of hydrogen-bond donors (Lipinski definition) is 2. The molecule has 11 heteroatoms. The van der Waals surface area contributed by atoms with Crippen LogP contribution < -0.4 is 11.1 Å². The Morgan fingerprint density at radius 2 is 2.11 bits per heavy atom. The third-order valence-corrected chi connectivity index (χ3v) is 5.91. The number of nitrogens with two attached hydrogens (primary N) is 1. The molecule has 0 aliphatic heterocycles. The van der Waals surface area contributed by atoms with Crippen molar-refractivity contribution in [3.05, 3.63) is 51.1 Å². The minimum Gasteiger partial charge on any atom is -0.383 e. The molecule has 7 nitrogen and oxygen atoms in total. The van der Waals surface area contributed by atoms with Crippen molar-refractivity contribution in [3.63, 3.8) is 0 Å². The number of anilines is 1. The minimum atomic E-state index is -0.209. The summed E-state index contributed by atoms with van der Waals surface area (Å²) in [6.07, 6.45) is 1.62. The van der Waals surface area contributed by atoms with Crippen molar-refractivity contribution < 1.29 is 4.79 Å². The van der Waals surface area contributed by atoms with Crippen molar-refractivity contribution in [3.8, 4) is 10.8 Å². The van der Waals surface area contributed by atoms with Crippen LogP contribution in [0.15, 0.2) is 29.8 Å². The molecule has 4 rings (SSSR count). The number of rotatable bonds is 4. The van der Waals surface area contributed by atoms with Gasteiger partial charge in [-0.1, -0.05) is 17.7 Å². The second kappa shape index (κ2) is 8.36. The fourth-order valence-electron chi connectivity index (χ4n) is 2.39. The maximum atomic E-state index is 12.5. The highest BCUT2D eigenvalue weighted by molar-refractivity contribution is 7.20. The molecule has 0 aliphatic rings. The van der Waals surface area contributed by atoms with E-state index in [0.717, 1.165) is 11.3 Å². The molecule has 4 aromatic heterocycles. The molecule has 0 aromatic carbocycles. The summed E-state index contributed by atoms with van der Waals surface area (Å²) in [6.45, 7) is 2.26. The number of thiophene rings is 1. The van der Waals surface area contributed by atoms with Gasteiger partial charge in [0.25, 0.3) is 5.91 Å². The van der Waals surface area contributed by atoms with Crippen LogP contribution in [-0.2, 0) is 6.54 Å². The fraction of sp³-hybridized carbons (Fsp3) is 0.118. The van der Waals surface area contributed by atoms with Gasteiger partial charge in [-0.25, -0.2) is 19.9 Å². The van der Waals surface area contributed by atoms with Crippen LogP contribution in [0.1, 0.15) is 20.9 Å². The average molecular weight is 453 g/mol. The number of halogens is 2. The second-order valence-corrected chi connectivity index (χ2v) is 8.00. The van der Waals surface area contributed by atoms with Crippen LogP contribution >= 0.6 is 46.7 Å². The molecule has 4 heterocycles. The molecule has 0 unspecified atom stereocenters. The Morgan fingerprint density at radius 1 is 1.29 bits per heavy atom. The Kier molecular flexibility index (Phi) is 6.09. The number of amides is 1. The minimum absolute atomic E-state index is 0. The van der Waals surface area contributed by atoms with Crippen molar-refractivity contribution in [2.75, 3.05) is 5.73 Å². The van der Waals surface area contributed by atoms with E-state index < -0.39 is 0 Å². The van der Waals surface area contributed by atoms with E-state index in [-0.39, 0.29) is 18.3 Å². The monoisotopic (exact) mass is 452 g/mol. The Bertz CT molecular complexity index is 1140. The molecular formula is C17H14Cl2N6OS2. The van der Waals surface area contributed by atoms with Gasteiger partial charge in [0.2, 0.25) is 0 Å². The lowest BCUT2D eigenvalue weighted by atomic mass is 10.3. The van der Waals surface area contributed by atoms with Gasteiger partial charge in [-0.2, -0.15) is 0 Å². The van der Waals surface area contributed by atoms with E-state index in [1.807, 2.05) is 18.4 Å². The molecule has 0 fully saturated rings. The lowest BCUT2D eigenvalue weighted by Gasteiger charge is -2.03. The molecule has 0 spiro atoms. The van der Waals surface area contributed by atoms with E-state index >= 15 is 0 Å². The summed E-state index contributed by atoms with van der Waals surface area (Å²) in [5.74, 6) is 0.596. The average Bonchev–Trinajstić information content (AvgIpc) is 3.27. The molecule has 28 heavy (non-hydrogen) atoms. The number of nitrogen functional groups attached to an aromatic ring is 1. The van der Waals surface area contributed by atoms with Gasteiger partial charge in [-0.15, -0.1) is 35.1 Å². The maximum absolute atomic E-state index is 12.5. The first-order valence-electron chi connectivity index (χ1n) is 7.88. The number of fused-ring (bicyclic) bond motifs is 1. The normalized spacial score (nSPS) is 10.6. The molecule has 0 atom stereocenters. The van der Waals surface area contributed by atoms with Gasteiger partial charge in [0.1, 0.15) is 15.8 Å². The molecule has 0 saturated heterocycles. The van der Waals surface area contributed by atoms with Crippen LogP contribution in [0.4, 0.5) is 5.82 Å². The number of aryl methyl sites for hydroxylation is 1. The van der Waals surface area contributed by atoms with E-state index in [2.05, 4.69) is 25.3 Å². The van der Waals surface area contributed by atoms with Crippen LogP contribution in [0.25, 0.3) is 21.0 Å². The first-order valence-corrected chi connectivity index (χ1v) is 9.95. The Labute approximate surface area is 179 Å². The zero-order valence-electron chi connectivity index (χ0n) is 14.5. The van der Waals surface area contributed by atoms with Crippen molar-refractivity contribution >= 4 is 68.6 Å². The first kappa shape index (κ1) is 20.4. The lowest BCUT2D eigenvalue weighted by molar-refractivity contribution is 0.0955. The molecule has 4 aromatic rings. The van der Waals surface area contributed by atoms with Crippen LogP contribution in [0, 0.1) is 6.92 Å². The predicted molar refractivity (Wildman–Crippen MR) is 115 cm³/mol. The van der Waals surface area contributed by atoms with Crippen molar-refractivity contribution in [2.45, 2.75) is 13.5 Å². The van der Waals surface area contributed by atoms with E-state index in [0.29, 0.717) is 43.4 Å². The third kappa shape index (κ3) is 4.22. The number of pyridine rings is 1. The van der Waals surface area contributed by atoms with E-state index in [4.69, 9.17) is 17.3 Å². The fourth-order valence-corrected chi connectivity index (χ4v) is 4.18. The Morgan fingerprint density at radius 3 is 2.79 bits per heavy atom. The molecular weight excluding hydrogens is 439 g/mol. The summed E-state index contributed by atoms with van der Waals surface area (Å²) >= 11 is 8.49. The molecule has 1 amide bonds. The van der Waals surface area contributed by atoms with Gasteiger partial charge in [0, 0.05) is 23.8 Å². The van der Waals surface area contributed by atoms with E-state index in [1.54, 1.807) is 18.3 Å². The van der Waals surface area contributed by atoms with Crippen LogP contribution in [0.2, 0.25) is 5.15 Å². The molecule has 0 saturated carbocycles. The van der Waals surface area contributed by atoms with Gasteiger partial charge in [0.05, 0.1) is 10.3 Å². The summed E-state index contributed by atoms with van der Waals surface area (Å²) in [6, 6.07) is 5.20. The highest BCUT2D eigenvalue weighted by atomic mass is 35.5. The Balaban J connectivity index is 0.00000225. The number of aromatic nitrogens is 4. The quantitative estimate of drug-likeness (QED) is 0.451. The van der Waals surface area contributed by atoms with Gasteiger partial charge in [-0.3, -0.25) is 4.79 Å². The molecule has 144 valence electrons. The third-order valence-electron chi connectivity index (χ3n) is 3.70.